The molecule has 1 saturated heterocycles. The predicted molar refractivity (Wildman–Crippen MR) is 115 cm³/mol. The molecule has 2 nitrogen and oxygen atoms in total. The molecule has 0 spiro atoms. The molecule has 1 aliphatic rings. The number of anilines is 2. The highest BCUT2D eigenvalue weighted by atomic mass is 15.4. The van der Waals surface area contributed by atoms with Gasteiger partial charge in [-0.25, -0.2) is 0 Å². The molecule has 0 saturated carbocycles. The SMILES string of the molecule is C=CC1CN(c2c(C)cc(C)cc2C)C(C)N1c1c(C)cc(C)cc1C. The molecule has 1 fully saturated rings. The second kappa shape index (κ2) is 6.83. The molecule has 2 heteroatoms. The van der Waals surface area contributed by atoms with Crippen LogP contribution in [0.2, 0.25) is 0 Å². The van der Waals surface area contributed by atoms with E-state index in [4.69, 9.17) is 0 Å². The normalized spacial score (nSPS) is 20.0. The number of hydrogen-bond donors (Lipinski definition) is 0. The van der Waals surface area contributed by atoms with Crippen LogP contribution in [0.3, 0.4) is 0 Å². The summed E-state index contributed by atoms with van der Waals surface area (Å²) in [5.41, 5.74) is 10.8. The second-order valence-corrected chi connectivity index (χ2v) is 7.99. The van der Waals surface area contributed by atoms with Crippen LogP contribution < -0.4 is 9.80 Å². The summed E-state index contributed by atoms with van der Waals surface area (Å²) in [4.78, 5) is 5.10. The molecule has 2 aromatic rings. The first-order valence-corrected chi connectivity index (χ1v) is 9.57. The smallest absolute Gasteiger partial charge is 0.0994 e. The molecule has 138 valence electrons. The number of hydrogen-bond acceptors (Lipinski definition) is 2. The quantitative estimate of drug-likeness (QED) is 0.650. The van der Waals surface area contributed by atoms with Gasteiger partial charge in [-0.1, -0.05) is 41.5 Å². The summed E-state index contributed by atoms with van der Waals surface area (Å²) in [6.07, 6.45) is 2.40. The van der Waals surface area contributed by atoms with Crippen molar-refractivity contribution >= 4 is 11.4 Å². The van der Waals surface area contributed by atoms with Crippen molar-refractivity contribution in [2.75, 3.05) is 16.3 Å². The van der Waals surface area contributed by atoms with Gasteiger partial charge in [0.2, 0.25) is 0 Å². The minimum atomic E-state index is 0.290. The number of rotatable bonds is 3. The molecule has 1 aliphatic heterocycles. The number of benzene rings is 2. The Bertz CT molecular complexity index is 803. The summed E-state index contributed by atoms with van der Waals surface area (Å²) in [7, 11) is 0. The molecule has 0 N–H and O–H groups in total. The first kappa shape index (κ1) is 18.6. The van der Waals surface area contributed by atoms with Crippen molar-refractivity contribution < 1.29 is 0 Å². The van der Waals surface area contributed by atoms with Gasteiger partial charge in [-0.15, -0.1) is 6.58 Å². The summed E-state index contributed by atoms with van der Waals surface area (Å²) in [6.45, 7) is 20.7. The maximum atomic E-state index is 4.15. The fourth-order valence-corrected chi connectivity index (χ4v) is 4.89. The highest BCUT2D eigenvalue weighted by Crippen LogP contribution is 2.38. The lowest BCUT2D eigenvalue weighted by molar-refractivity contribution is 0.709. The molecule has 1 heterocycles. The van der Waals surface area contributed by atoms with E-state index in [0.29, 0.717) is 12.2 Å². The van der Waals surface area contributed by atoms with Crippen LogP contribution >= 0.6 is 0 Å². The Kier molecular flexibility index (Phi) is 4.88. The third-order valence-corrected chi connectivity index (χ3v) is 5.68. The summed E-state index contributed by atoms with van der Waals surface area (Å²) in [6, 6.07) is 9.48. The van der Waals surface area contributed by atoms with Crippen molar-refractivity contribution in [3.8, 4) is 0 Å². The van der Waals surface area contributed by atoms with Crippen molar-refractivity contribution in [1.29, 1.82) is 0 Å². The molecule has 0 bridgehead atoms. The zero-order valence-corrected chi connectivity index (χ0v) is 17.4. The average molecular weight is 349 g/mol. The predicted octanol–water partition coefficient (Wildman–Crippen LogP) is 5.76. The van der Waals surface area contributed by atoms with Crippen molar-refractivity contribution in [3.63, 3.8) is 0 Å². The van der Waals surface area contributed by atoms with Gasteiger partial charge in [0.25, 0.3) is 0 Å². The van der Waals surface area contributed by atoms with Crippen LogP contribution in [0.1, 0.15) is 40.3 Å². The van der Waals surface area contributed by atoms with Gasteiger partial charge in [-0.05, 0) is 70.7 Å². The van der Waals surface area contributed by atoms with E-state index in [1.54, 1.807) is 0 Å². The van der Waals surface area contributed by atoms with E-state index in [0.717, 1.165) is 6.54 Å². The summed E-state index contributed by atoms with van der Waals surface area (Å²) in [5.74, 6) is 0. The fraction of sp³-hybridized carbons (Fsp3) is 0.417. The maximum absolute atomic E-state index is 4.15. The third-order valence-electron chi connectivity index (χ3n) is 5.68. The van der Waals surface area contributed by atoms with Crippen LogP contribution in [0.4, 0.5) is 11.4 Å². The van der Waals surface area contributed by atoms with Crippen molar-refractivity contribution in [1.82, 2.24) is 0 Å². The Morgan fingerprint density at radius 2 is 1.23 bits per heavy atom. The molecule has 2 aromatic carbocycles. The lowest BCUT2D eigenvalue weighted by atomic mass is 10.0. The zero-order valence-electron chi connectivity index (χ0n) is 17.4. The van der Waals surface area contributed by atoms with Crippen LogP contribution in [0.15, 0.2) is 36.9 Å². The van der Waals surface area contributed by atoms with Gasteiger partial charge in [0, 0.05) is 17.9 Å². The third kappa shape index (κ3) is 3.02. The van der Waals surface area contributed by atoms with Crippen molar-refractivity contribution in [3.05, 3.63) is 70.3 Å². The molecule has 0 radical (unpaired) electrons. The average Bonchev–Trinajstić information content (AvgIpc) is 2.83. The lowest BCUT2D eigenvalue weighted by Crippen LogP contribution is -2.39. The Hall–Kier alpha value is -2.22. The molecule has 26 heavy (non-hydrogen) atoms. The van der Waals surface area contributed by atoms with Gasteiger partial charge in [-0.3, -0.25) is 0 Å². The number of nitrogens with zero attached hydrogens (tertiary/aromatic N) is 2. The monoisotopic (exact) mass is 348 g/mol. The van der Waals surface area contributed by atoms with Gasteiger partial charge < -0.3 is 9.80 Å². The maximum Gasteiger partial charge on any atom is 0.0994 e. The van der Waals surface area contributed by atoms with Crippen LogP contribution in [-0.4, -0.2) is 18.8 Å². The first-order chi connectivity index (χ1) is 12.2. The molecule has 2 unspecified atom stereocenters. The topological polar surface area (TPSA) is 6.48 Å². The standard InChI is InChI=1S/C24H32N2/c1-9-22-14-25(23-17(4)10-15(2)11-18(23)5)21(8)26(22)24-19(6)12-16(3)13-20(24)7/h9-13,21-22H,1,14H2,2-8H3. The Morgan fingerprint density at radius 1 is 0.808 bits per heavy atom. The minimum Gasteiger partial charge on any atom is -0.349 e. The summed E-state index contributed by atoms with van der Waals surface area (Å²) < 4.78 is 0. The zero-order chi connectivity index (χ0) is 19.2. The van der Waals surface area contributed by atoms with Gasteiger partial charge in [0.05, 0.1) is 12.2 Å². The molecule has 2 atom stereocenters. The van der Waals surface area contributed by atoms with E-state index in [9.17, 15) is 0 Å². The van der Waals surface area contributed by atoms with Gasteiger partial charge in [-0.2, -0.15) is 0 Å². The summed E-state index contributed by atoms with van der Waals surface area (Å²) in [5, 5.41) is 0. The first-order valence-electron chi connectivity index (χ1n) is 9.57. The van der Waals surface area contributed by atoms with Crippen LogP contribution in [0.5, 0.6) is 0 Å². The second-order valence-electron chi connectivity index (χ2n) is 7.99. The van der Waals surface area contributed by atoms with Crippen LogP contribution in [0, 0.1) is 41.5 Å². The Morgan fingerprint density at radius 3 is 1.65 bits per heavy atom. The van der Waals surface area contributed by atoms with Crippen molar-refractivity contribution in [2.24, 2.45) is 0 Å². The molecular weight excluding hydrogens is 316 g/mol. The largest absolute Gasteiger partial charge is 0.349 e. The fourth-order valence-electron chi connectivity index (χ4n) is 4.89. The highest BCUT2D eigenvalue weighted by Gasteiger charge is 2.37. The van der Waals surface area contributed by atoms with Crippen LogP contribution in [-0.2, 0) is 0 Å². The molecule has 0 amide bonds. The van der Waals surface area contributed by atoms with Crippen molar-refractivity contribution in [2.45, 2.75) is 60.7 Å². The molecular formula is C24H32N2. The highest BCUT2D eigenvalue weighted by molar-refractivity contribution is 5.69. The van der Waals surface area contributed by atoms with E-state index in [2.05, 4.69) is 95.2 Å². The van der Waals surface area contributed by atoms with Gasteiger partial charge >= 0.3 is 0 Å². The van der Waals surface area contributed by atoms with Gasteiger partial charge in [0.15, 0.2) is 0 Å². The van der Waals surface area contributed by atoms with E-state index < -0.39 is 0 Å². The molecule has 3 rings (SSSR count). The van der Waals surface area contributed by atoms with Crippen LogP contribution in [0.25, 0.3) is 0 Å². The van der Waals surface area contributed by atoms with E-state index in [-0.39, 0.29) is 0 Å². The Labute approximate surface area is 159 Å². The lowest BCUT2D eigenvalue weighted by Gasteiger charge is -2.34. The molecule has 0 aromatic heterocycles. The van der Waals surface area contributed by atoms with E-state index in [1.165, 1.54) is 44.8 Å². The van der Waals surface area contributed by atoms with E-state index >= 15 is 0 Å². The minimum absolute atomic E-state index is 0.290. The van der Waals surface area contributed by atoms with E-state index in [1.807, 2.05) is 0 Å². The Balaban J connectivity index is 2.09. The van der Waals surface area contributed by atoms with Gasteiger partial charge in [0.1, 0.15) is 0 Å². The molecule has 0 aliphatic carbocycles. The number of aryl methyl sites for hydroxylation is 6. The summed E-state index contributed by atoms with van der Waals surface area (Å²) >= 11 is 0.